The van der Waals surface area contributed by atoms with Crippen LogP contribution < -0.4 is 4.74 Å². The van der Waals surface area contributed by atoms with Crippen molar-refractivity contribution in [2.45, 2.75) is 52.4 Å². The molecular weight excluding hydrogens is 263 g/mol. The molecule has 2 aromatic rings. The van der Waals surface area contributed by atoms with Crippen LogP contribution >= 0.6 is 0 Å². The van der Waals surface area contributed by atoms with E-state index in [0.717, 1.165) is 36.8 Å². The van der Waals surface area contributed by atoms with Crippen molar-refractivity contribution in [3.63, 3.8) is 0 Å². The van der Waals surface area contributed by atoms with Crippen LogP contribution in [0.4, 0.5) is 0 Å². The van der Waals surface area contributed by atoms with Crippen molar-refractivity contribution in [1.29, 1.82) is 5.26 Å². The van der Waals surface area contributed by atoms with Gasteiger partial charge in [0, 0.05) is 30.3 Å². The van der Waals surface area contributed by atoms with Gasteiger partial charge in [0.05, 0.1) is 6.10 Å². The van der Waals surface area contributed by atoms with Crippen LogP contribution in [-0.2, 0) is 0 Å². The molecule has 5 nitrogen and oxygen atoms in total. The van der Waals surface area contributed by atoms with Crippen LogP contribution in [0.2, 0.25) is 12.6 Å². The first-order valence-corrected chi connectivity index (χ1v) is 7.63. The Bertz CT molecular complexity index is 634. The van der Waals surface area contributed by atoms with Gasteiger partial charge in [-0.3, -0.25) is 4.40 Å². The van der Waals surface area contributed by atoms with E-state index < -0.39 is 0 Å². The van der Waals surface area contributed by atoms with Gasteiger partial charge in [-0.2, -0.15) is 0 Å². The van der Waals surface area contributed by atoms with Crippen LogP contribution in [0, 0.1) is 18.2 Å². The second kappa shape index (κ2) is 7.12. The molecule has 6 heteroatoms. The Labute approximate surface area is 126 Å². The van der Waals surface area contributed by atoms with Crippen molar-refractivity contribution in [1.82, 2.24) is 14.4 Å². The van der Waals surface area contributed by atoms with Crippen molar-refractivity contribution in [3.05, 3.63) is 24.3 Å². The second-order valence-corrected chi connectivity index (χ2v) is 5.06. The fourth-order valence-electron chi connectivity index (χ4n) is 2.63. The van der Waals surface area contributed by atoms with E-state index in [1.165, 1.54) is 0 Å². The maximum absolute atomic E-state index is 9.01. The third-order valence-electron chi connectivity index (χ3n) is 3.67. The molecule has 110 valence electrons. The van der Waals surface area contributed by atoms with Crippen molar-refractivity contribution in [3.8, 4) is 11.8 Å². The van der Waals surface area contributed by atoms with Crippen molar-refractivity contribution >= 4 is 12.4 Å². The minimum Gasteiger partial charge on any atom is -0.472 e. The highest BCUT2D eigenvalue weighted by atomic mass is 16.5. The number of aryl methyl sites for hydroxylation is 1. The topological polar surface area (TPSA) is 63.2 Å². The molecule has 0 N–H and O–H groups in total. The number of hydrogen-bond donors (Lipinski definition) is 0. The molecule has 0 spiro atoms. The summed E-state index contributed by atoms with van der Waals surface area (Å²) in [6.07, 6.45) is 9.29. The maximum Gasteiger partial charge on any atom is 0.271 e. The lowest BCUT2D eigenvalue weighted by Crippen LogP contribution is -2.29. The highest BCUT2D eigenvalue weighted by molar-refractivity contribution is 6.67. The standard InChI is InChI=1S/C13H15BN4O.C2H6/c1-10-8-17-12-13(16-5-6-18(10)12)19-11-3-2-4-14(7-11)9-15;1-2/h5-6,8,11H,2-4,7H2,1H3;1-2H3. The molecule has 0 aromatic carbocycles. The first kappa shape index (κ1) is 15.4. The zero-order valence-corrected chi connectivity index (χ0v) is 12.9. The summed E-state index contributed by atoms with van der Waals surface area (Å²) in [4.78, 5) is 8.61. The summed E-state index contributed by atoms with van der Waals surface area (Å²) in [5, 5.41) is 9.01. The van der Waals surface area contributed by atoms with Gasteiger partial charge < -0.3 is 4.74 Å². The smallest absolute Gasteiger partial charge is 0.271 e. The minimum atomic E-state index is 0.0779. The molecule has 0 aliphatic carbocycles. The zero-order chi connectivity index (χ0) is 15.2. The number of imidazole rings is 1. The van der Waals surface area contributed by atoms with Gasteiger partial charge in [0.15, 0.2) is 0 Å². The average molecular weight is 284 g/mol. The van der Waals surface area contributed by atoms with Gasteiger partial charge in [-0.25, -0.2) is 15.2 Å². The largest absolute Gasteiger partial charge is 0.472 e. The summed E-state index contributed by atoms with van der Waals surface area (Å²) >= 11 is 0. The van der Waals surface area contributed by atoms with Crippen LogP contribution in [0.25, 0.3) is 5.65 Å². The molecule has 3 heterocycles. The van der Waals surface area contributed by atoms with Crippen molar-refractivity contribution < 1.29 is 4.74 Å². The van der Waals surface area contributed by atoms with Gasteiger partial charge in [-0.1, -0.05) is 26.6 Å². The lowest BCUT2D eigenvalue weighted by Gasteiger charge is -2.23. The highest BCUT2D eigenvalue weighted by Gasteiger charge is 2.27. The van der Waals surface area contributed by atoms with Crippen LogP contribution in [-0.4, -0.2) is 27.2 Å². The first-order chi connectivity index (χ1) is 10.3. The molecule has 1 aliphatic rings. The summed E-state index contributed by atoms with van der Waals surface area (Å²) < 4.78 is 7.93. The summed E-state index contributed by atoms with van der Waals surface area (Å²) in [7, 11) is 0. The summed E-state index contributed by atoms with van der Waals surface area (Å²) in [5.74, 6) is 2.91. The molecule has 1 saturated heterocycles. The Kier molecular flexibility index (Phi) is 5.21. The molecule has 3 rings (SSSR count). The fourth-order valence-corrected chi connectivity index (χ4v) is 2.63. The number of nitriles is 1. The molecule has 1 unspecified atom stereocenters. The van der Waals surface area contributed by atoms with Crippen molar-refractivity contribution in [2.24, 2.45) is 0 Å². The van der Waals surface area contributed by atoms with E-state index in [9.17, 15) is 0 Å². The molecule has 1 aliphatic heterocycles. The average Bonchev–Trinajstić information content (AvgIpc) is 2.92. The maximum atomic E-state index is 9.01. The number of ether oxygens (including phenoxy) is 1. The Hall–Kier alpha value is -2.03. The van der Waals surface area contributed by atoms with Crippen LogP contribution in [0.3, 0.4) is 0 Å². The number of aromatic nitrogens is 3. The van der Waals surface area contributed by atoms with Gasteiger partial charge in [0.1, 0.15) is 0 Å². The summed E-state index contributed by atoms with van der Waals surface area (Å²) in [6.45, 7) is 6.11. The predicted octanol–water partition coefficient (Wildman–Crippen LogP) is 3.16. The lowest BCUT2D eigenvalue weighted by molar-refractivity contribution is 0.197. The van der Waals surface area contributed by atoms with Gasteiger partial charge >= 0.3 is 0 Å². The summed E-state index contributed by atoms with van der Waals surface area (Å²) in [6, 6.07) is 0. The molecule has 2 aromatic heterocycles. The van der Waals surface area contributed by atoms with Gasteiger partial charge in [-0.05, 0) is 19.7 Å². The van der Waals surface area contributed by atoms with Gasteiger partial charge in [0.2, 0.25) is 5.65 Å². The molecule has 0 saturated carbocycles. The number of rotatable bonds is 2. The van der Waals surface area contributed by atoms with E-state index in [4.69, 9.17) is 10.00 Å². The quantitative estimate of drug-likeness (QED) is 0.794. The fraction of sp³-hybridized carbons (Fsp3) is 0.533. The molecule has 1 fully saturated rings. The van der Waals surface area contributed by atoms with E-state index >= 15 is 0 Å². The number of fused-ring (bicyclic) bond motifs is 1. The van der Waals surface area contributed by atoms with E-state index in [2.05, 4.69) is 15.9 Å². The summed E-state index contributed by atoms with van der Waals surface area (Å²) in [5.41, 5.74) is 1.81. The van der Waals surface area contributed by atoms with Crippen LogP contribution in [0.5, 0.6) is 5.88 Å². The Morgan fingerprint density at radius 1 is 1.43 bits per heavy atom. The third kappa shape index (κ3) is 3.36. The van der Waals surface area contributed by atoms with Crippen LogP contribution in [0.1, 0.15) is 32.4 Å². The zero-order valence-electron chi connectivity index (χ0n) is 12.9. The highest BCUT2D eigenvalue weighted by Crippen LogP contribution is 2.25. The molecule has 21 heavy (non-hydrogen) atoms. The van der Waals surface area contributed by atoms with Gasteiger partial charge in [0.25, 0.3) is 12.6 Å². The lowest BCUT2D eigenvalue weighted by atomic mass is 9.42. The minimum absolute atomic E-state index is 0.0779. The molecule has 0 bridgehead atoms. The second-order valence-electron chi connectivity index (χ2n) is 5.06. The molecular formula is C15H21BN4O. The molecule has 0 radical (unpaired) electrons. The normalized spacial score (nSPS) is 17.8. The Balaban J connectivity index is 0.000000774. The number of hydrogen-bond acceptors (Lipinski definition) is 4. The van der Waals surface area contributed by atoms with E-state index in [1.54, 1.807) is 6.20 Å². The van der Waals surface area contributed by atoms with Gasteiger partial charge in [-0.15, -0.1) is 0 Å². The monoisotopic (exact) mass is 284 g/mol. The van der Waals surface area contributed by atoms with E-state index in [-0.39, 0.29) is 12.8 Å². The van der Waals surface area contributed by atoms with E-state index in [0.29, 0.717) is 5.88 Å². The van der Waals surface area contributed by atoms with E-state index in [1.807, 2.05) is 37.6 Å². The molecule has 0 amide bonds. The number of nitrogens with zero attached hydrogens (tertiary/aromatic N) is 4. The first-order valence-electron chi connectivity index (χ1n) is 7.63. The molecule has 1 atom stereocenters. The third-order valence-corrected chi connectivity index (χ3v) is 3.67. The Morgan fingerprint density at radius 2 is 2.24 bits per heavy atom. The Morgan fingerprint density at radius 3 is 3.00 bits per heavy atom. The predicted molar refractivity (Wildman–Crippen MR) is 83.7 cm³/mol. The van der Waals surface area contributed by atoms with Crippen molar-refractivity contribution in [2.75, 3.05) is 0 Å². The SMILES string of the molecule is CC.Cc1cnc2c(OC3CCCB(C#N)C3)nccn12. The van der Waals surface area contributed by atoms with Crippen LogP contribution in [0.15, 0.2) is 18.6 Å².